The number of carbonyl (C=O) groups is 1. The molecule has 2 N–H and O–H groups in total. The molecule has 0 unspecified atom stereocenters. The first-order chi connectivity index (χ1) is 21.6. The number of carbonyl (C=O) groups excluding carboxylic acids is 1. The second kappa shape index (κ2) is 14.0. The number of anilines is 3. The molecule has 0 aliphatic carbocycles. The van der Waals surface area contributed by atoms with Crippen molar-refractivity contribution in [3.05, 3.63) is 89.6 Å². The zero-order valence-electron chi connectivity index (χ0n) is 25.3. The number of alkyl halides is 3. The van der Waals surface area contributed by atoms with Gasteiger partial charge >= 0.3 is 6.36 Å². The van der Waals surface area contributed by atoms with E-state index in [4.69, 9.17) is 4.74 Å². The van der Waals surface area contributed by atoms with Crippen LogP contribution in [0.25, 0.3) is 11.3 Å². The molecule has 3 aromatic carbocycles. The first kappa shape index (κ1) is 31.7. The number of nitrogens with one attached hydrogen (secondary N) is 2. The van der Waals surface area contributed by atoms with Crippen molar-refractivity contribution < 1.29 is 27.4 Å². The van der Waals surface area contributed by atoms with Gasteiger partial charge in [-0.05, 0) is 86.6 Å². The van der Waals surface area contributed by atoms with E-state index in [9.17, 15) is 18.0 Å². The highest BCUT2D eigenvalue weighted by Crippen LogP contribution is 2.32. The minimum atomic E-state index is -4.78. The van der Waals surface area contributed by atoms with Crippen LogP contribution >= 0.6 is 0 Å². The number of rotatable bonds is 10. The van der Waals surface area contributed by atoms with Crippen molar-refractivity contribution in [3.63, 3.8) is 0 Å². The van der Waals surface area contributed by atoms with E-state index >= 15 is 0 Å². The van der Waals surface area contributed by atoms with E-state index in [0.29, 0.717) is 34.9 Å². The quantitative estimate of drug-likeness (QED) is 0.208. The first-order valence-electron chi connectivity index (χ1n) is 14.6. The van der Waals surface area contributed by atoms with Gasteiger partial charge in [0.15, 0.2) is 5.75 Å². The summed E-state index contributed by atoms with van der Waals surface area (Å²) in [7, 11) is 2.13. The Labute approximate surface area is 260 Å². The third-order valence-corrected chi connectivity index (χ3v) is 7.37. The van der Waals surface area contributed by atoms with Crippen LogP contribution in [-0.4, -0.2) is 71.9 Å². The molecule has 5 rings (SSSR count). The van der Waals surface area contributed by atoms with E-state index < -0.39 is 6.36 Å². The Morgan fingerprint density at radius 3 is 2.36 bits per heavy atom. The smallest absolute Gasteiger partial charge is 0.490 e. The predicted octanol–water partition coefficient (Wildman–Crippen LogP) is 6.49. The number of halogens is 3. The maximum atomic E-state index is 13.1. The summed E-state index contributed by atoms with van der Waals surface area (Å²) in [5, 5.41) is 6.15. The molecule has 45 heavy (non-hydrogen) atoms. The van der Waals surface area contributed by atoms with Crippen LogP contribution in [0.4, 0.5) is 30.5 Å². The molecule has 0 spiro atoms. The van der Waals surface area contributed by atoms with Crippen LogP contribution in [0.1, 0.15) is 28.4 Å². The Kier molecular flexibility index (Phi) is 9.84. The number of aromatic nitrogens is 2. The highest BCUT2D eigenvalue weighted by atomic mass is 19.4. The van der Waals surface area contributed by atoms with Crippen molar-refractivity contribution in [2.24, 2.45) is 0 Å². The van der Waals surface area contributed by atoms with E-state index in [2.05, 4.69) is 48.3 Å². The van der Waals surface area contributed by atoms with Gasteiger partial charge < -0.3 is 25.0 Å². The SMILES string of the molecule is CCOc1cnc(Nc2ccc(C(=O)Nc3cc(CN4CCN(C)CC4)ccc3C)cc2)nc1-c1ccc(OC(F)(F)F)cc1. The number of aryl methyl sites for hydroxylation is 1. The second-order valence-corrected chi connectivity index (χ2v) is 10.8. The molecule has 4 aromatic rings. The van der Waals surface area contributed by atoms with Crippen molar-refractivity contribution in [2.75, 3.05) is 50.5 Å². The van der Waals surface area contributed by atoms with Crippen LogP contribution in [0.2, 0.25) is 0 Å². The number of likely N-dealkylation sites (N-methyl/N-ethyl adjacent to an activating group) is 1. The average molecular weight is 621 g/mol. The van der Waals surface area contributed by atoms with Gasteiger partial charge in [0.1, 0.15) is 11.4 Å². The van der Waals surface area contributed by atoms with Crippen molar-refractivity contribution in [1.82, 2.24) is 19.8 Å². The predicted molar refractivity (Wildman–Crippen MR) is 167 cm³/mol. The van der Waals surface area contributed by atoms with E-state index in [1.807, 2.05) is 19.1 Å². The van der Waals surface area contributed by atoms with E-state index in [1.165, 1.54) is 30.5 Å². The van der Waals surface area contributed by atoms with Crippen molar-refractivity contribution in [2.45, 2.75) is 26.8 Å². The third kappa shape index (κ3) is 8.70. The zero-order valence-corrected chi connectivity index (χ0v) is 25.3. The van der Waals surface area contributed by atoms with Gasteiger partial charge in [0, 0.05) is 55.2 Å². The molecule has 12 heteroatoms. The largest absolute Gasteiger partial charge is 0.573 e. The Balaban J connectivity index is 1.25. The molecule has 1 aliphatic heterocycles. The molecule has 0 radical (unpaired) electrons. The highest BCUT2D eigenvalue weighted by Gasteiger charge is 2.31. The Bertz CT molecular complexity index is 1610. The van der Waals surface area contributed by atoms with Gasteiger partial charge in [0.2, 0.25) is 5.95 Å². The summed E-state index contributed by atoms with van der Waals surface area (Å²) >= 11 is 0. The molecule has 0 saturated carbocycles. The van der Waals surface area contributed by atoms with Gasteiger partial charge in [-0.1, -0.05) is 12.1 Å². The lowest BCUT2D eigenvalue weighted by molar-refractivity contribution is -0.274. The van der Waals surface area contributed by atoms with Crippen molar-refractivity contribution >= 4 is 23.2 Å². The number of ether oxygens (including phenoxy) is 2. The van der Waals surface area contributed by atoms with Crippen LogP contribution in [0.3, 0.4) is 0 Å². The van der Waals surface area contributed by atoms with E-state index in [1.54, 1.807) is 31.2 Å². The Morgan fingerprint density at radius 2 is 1.69 bits per heavy atom. The van der Waals surface area contributed by atoms with Gasteiger partial charge in [-0.25, -0.2) is 9.97 Å². The number of amides is 1. The van der Waals surface area contributed by atoms with Crippen LogP contribution in [0.5, 0.6) is 11.5 Å². The van der Waals surface area contributed by atoms with E-state index in [0.717, 1.165) is 49.5 Å². The summed E-state index contributed by atoms with van der Waals surface area (Å²) in [5.74, 6) is 0.0599. The molecule has 1 amide bonds. The number of piperazine rings is 1. The minimum absolute atomic E-state index is 0.223. The van der Waals surface area contributed by atoms with Crippen LogP contribution in [-0.2, 0) is 6.54 Å². The fraction of sp³-hybridized carbons (Fsp3) is 0.303. The molecule has 1 saturated heterocycles. The molecule has 1 aromatic heterocycles. The summed E-state index contributed by atoms with van der Waals surface area (Å²) in [4.78, 5) is 26.7. The summed E-state index contributed by atoms with van der Waals surface area (Å²) in [6.45, 7) is 9.09. The van der Waals surface area contributed by atoms with Crippen molar-refractivity contribution in [3.8, 4) is 22.8 Å². The molecular formula is C33H35F3N6O3. The number of nitrogens with zero attached hydrogens (tertiary/aromatic N) is 4. The Hall–Kier alpha value is -4.68. The third-order valence-electron chi connectivity index (χ3n) is 7.37. The summed E-state index contributed by atoms with van der Waals surface area (Å²) in [5.41, 5.74) is 4.96. The maximum absolute atomic E-state index is 13.1. The second-order valence-electron chi connectivity index (χ2n) is 10.8. The normalized spacial score (nSPS) is 14.2. The fourth-order valence-electron chi connectivity index (χ4n) is 4.91. The molecule has 0 bridgehead atoms. The van der Waals surface area contributed by atoms with E-state index in [-0.39, 0.29) is 17.6 Å². The number of benzene rings is 3. The molecule has 1 aliphatic rings. The number of hydrogen-bond acceptors (Lipinski definition) is 8. The van der Waals surface area contributed by atoms with Gasteiger partial charge in [-0.2, -0.15) is 0 Å². The Morgan fingerprint density at radius 1 is 0.978 bits per heavy atom. The summed E-state index contributed by atoms with van der Waals surface area (Å²) < 4.78 is 47.3. The molecular weight excluding hydrogens is 585 g/mol. The number of hydrogen-bond donors (Lipinski definition) is 2. The molecule has 236 valence electrons. The molecule has 2 heterocycles. The first-order valence-corrected chi connectivity index (χ1v) is 14.6. The summed E-state index contributed by atoms with van der Waals surface area (Å²) in [6.07, 6.45) is -3.29. The van der Waals surface area contributed by atoms with Crippen molar-refractivity contribution in [1.29, 1.82) is 0 Å². The highest BCUT2D eigenvalue weighted by molar-refractivity contribution is 6.04. The lowest BCUT2D eigenvalue weighted by Crippen LogP contribution is -2.43. The van der Waals surface area contributed by atoms with Gasteiger partial charge in [-0.3, -0.25) is 9.69 Å². The lowest BCUT2D eigenvalue weighted by atomic mass is 10.1. The standard InChI is InChI=1S/C33H35F3N6O3/c1-4-44-29-20-37-32(40-30(29)24-9-13-27(14-10-24)45-33(34,35)36)38-26-11-7-25(8-12-26)31(43)39-28-19-23(6-5-22(28)2)21-42-17-15-41(3)16-18-42/h5-14,19-20H,4,15-18,21H2,1-3H3,(H,39,43)(H,37,38,40). The van der Waals surface area contributed by atoms with Gasteiger partial charge in [0.25, 0.3) is 5.91 Å². The minimum Gasteiger partial charge on any atom is -0.490 e. The average Bonchev–Trinajstić information content (AvgIpc) is 3.01. The molecule has 1 fully saturated rings. The zero-order chi connectivity index (χ0) is 32.0. The fourth-order valence-corrected chi connectivity index (χ4v) is 4.91. The van der Waals surface area contributed by atoms with Gasteiger partial charge in [0.05, 0.1) is 12.8 Å². The topological polar surface area (TPSA) is 91.8 Å². The van der Waals surface area contributed by atoms with Crippen LogP contribution < -0.4 is 20.1 Å². The maximum Gasteiger partial charge on any atom is 0.573 e. The molecule has 9 nitrogen and oxygen atoms in total. The monoisotopic (exact) mass is 620 g/mol. The van der Waals surface area contributed by atoms with Crippen LogP contribution in [0, 0.1) is 6.92 Å². The summed E-state index contributed by atoms with van der Waals surface area (Å²) in [6, 6.07) is 18.4. The lowest BCUT2D eigenvalue weighted by Gasteiger charge is -2.32. The van der Waals surface area contributed by atoms with Crippen LogP contribution in [0.15, 0.2) is 72.9 Å². The molecule has 0 atom stereocenters. The van der Waals surface area contributed by atoms with Gasteiger partial charge in [-0.15, -0.1) is 13.2 Å².